The Kier molecular flexibility index (Phi) is 7.01. The summed E-state index contributed by atoms with van der Waals surface area (Å²) in [5, 5.41) is 3.95. The van der Waals surface area contributed by atoms with Crippen molar-refractivity contribution in [2.45, 2.75) is 19.8 Å². The molecule has 140 valence electrons. The predicted octanol–water partition coefficient (Wildman–Crippen LogP) is 5.95. The number of fused-ring (bicyclic) bond motifs is 1. The van der Waals surface area contributed by atoms with Crippen LogP contribution in [0.2, 0.25) is 0 Å². The van der Waals surface area contributed by atoms with E-state index in [2.05, 4.69) is 27.0 Å². The highest BCUT2D eigenvalue weighted by atomic mass is 79.9. The lowest BCUT2D eigenvalue weighted by Crippen LogP contribution is -2.06. The molecule has 0 bridgehead atoms. The monoisotopic (exact) mass is 445 g/mol. The third kappa shape index (κ3) is 5.65. The van der Waals surface area contributed by atoms with Crippen molar-refractivity contribution in [2.75, 3.05) is 13.2 Å². The number of thiophene rings is 1. The van der Waals surface area contributed by atoms with Crippen LogP contribution in [0.25, 0.3) is 23.1 Å². The Morgan fingerprint density at radius 3 is 2.93 bits per heavy atom. The molecular weight excluding hydrogens is 426 g/mol. The van der Waals surface area contributed by atoms with Crippen molar-refractivity contribution in [2.24, 2.45) is 0 Å². The number of ether oxygens (including phenoxy) is 2. The number of hydrogen-bond donors (Lipinski definition) is 0. The quantitative estimate of drug-likeness (QED) is 0.317. The number of halogens is 1. The SMILES string of the molecule is CCOC(=O)CCCOc1sccc1C=Cc1ccc2ccc(Br)cc2n1. The third-order valence-electron chi connectivity index (χ3n) is 3.83. The molecular formula is C21H20BrNO3S. The van der Waals surface area contributed by atoms with Crippen LogP contribution in [0, 0.1) is 0 Å². The number of esters is 1. The number of carbonyl (C=O) groups excluding carboxylic acids is 1. The second-order valence-corrected chi connectivity index (χ2v) is 7.62. The number of carbonyl (C=O) groups is 1. The van der Waals surface area contributed by atoms with Gasteiger partial charge in [0.25, 0.3) is 0 Å². The Labute approximate surface area is 171 Å². The van der Waals surface area contributed by atoms with Crippen LogP contribution in [0.3, 0.4) is 0 Å². The first-order chi connectivity index (χ1) is 13.2. The molecule has 0 saturated heterocycles. The molecule has 6 heteroatoms. The molecule has 2 aromatic heterocycles. The molecule has 0 atom stereocenters. The summed E-state index contributed by atoms with van der Waals surface area (Å²) in [6, 6.07) is 12.1. The van der Waals surface area contributed by atoms with E-state index in [4.69, 9.17) is 9.47 Å². The van der Waals surface area contributed by atoms with Crippen LogP contribution in [-0.4, -0.2) is 24.2 Å². The second kappa shape index (κ2) is 9.67. The summed E-state index contributed by atoms with van der Waals surface area (Å²) >= 11 is 5.02. The van der Waals surface area contributed by atoms with Crippen molar-refractivity contribution < 1.29 is 14.3 Å². The lowest BCUT2D eigenvalue weighted by Gasteiger charge is -2.05. The van der Waals surface area contributed by atoms with E-state index in [-0.39, 0.29) is 5.97 Å². The summed E-state index contributed by atoms with van der Waals surface area (Å²) in [7, 11) is 0. The third-order valence-corrected chi connectivity index (χ3v) is 5.16. The lowest BCUT2D eigenvalue weighted by molar-refractivity contribution is -0.143. The van der Waals surface area contributed by atoms with Gasteiger partial charge < -0.3 is 9.47 Å². The van der Waals surface area contributed by atoms with Crippen molar-refractivity contribution in [1.82, 2.24) is 4.98 Å². The van der Waals surface area contributed by atoms with E-state index in [1.807, 2.05) is 54.8 Å². The number of rotatable bonds is 8. The minimum atomic E-state index is -0.179. The first kappa shape index (κ1) is 19.6. The number of pyridine rings is 1. The lowest BCUT2D eigenvalue weighted by atomic mass is 10.2. The normalized spacial score (nSPS) is 11.2. The highest BCUT2D eigenvalue weighted by Gasteiger charge is 2.05. The van der Waals surface area contributed by atoms with Crippen LogP contribution < -0.4 is 4.74 Å². The van der Waals surface area contributed by atoms with Gasteiger partial charge in [0, 0.05) is 21.8 Å². The van der Waals surface area contributed by atoms with E-state index in [1.54, 1.807) is 11.3 Å². The van der Waals surface area contributed by atoms with Gasteiger partial charge in [-0.05, 0) is 55.1 Å². The summed E-state index contributed by atoms with van der Waals surface area (Å²) in [6.45, 7) is 2.71. The Balaban J connectivity index is 1.61. The van der Waals surface area contributed by atoms with Crippen molar-refractivity contribution >= 4 is 56.3 Å². The van der Waals surface area contributed by atoms with Crippen LogP contribution in [-0.2, 0) is 9.53 Å². The predicted molar refractivity (Wildman–Crippen MR) is 114 cm³/mol. The largest absolute Gasteiger partial charge is 0.483 e. The molecule has 1 aromatic carbocycles. The highest BCUT2D eigenvalue weighted by molar-refractivity contribution is 9.10. The molecule has 0 fully saturated rings. The fourth-order valence-electron chi connectivity index (χ4n) is 2.53. The topological polar surface area (TPSA) is 48.4 Å². The fourth-order valence-corrected chi connectivity index (χ4v) is 3.65. The summed E-state index contributed by atoms with van der Waals surface area (Å²) in [5.41, 5.74) is 2.85. The zero-order chi connectivity index (χ0) is 19.1. The maximum absolute atomic E-state index is 11.3. The molecule has 3 rings (SSSR count). The molecule has 0 N–H and O–H groups in total. The van der Waals surface area contributed by atoms with Gasteiger partial charge in [-0.25, -0.2) is 4.98 Å². The van der Waals surface area contributed by atoms with Crippen molar-refractivity contribution in [3.8, 4) is 5.06 Å². The van der Waals surface area contributed by atoms with Crippen molar-refractivity contribution in [3.05, 3.63) is 57.5 Å². The molecule has 0 unspecified atom stereocenters. The molecule has 0 radical (unpaired) electrons. The number of aromatic nitrogens is 1. The first-order valence-electron chi connectivity index (χ1n) is 8.76. The molecule has 3 aromatic rings. The fraction of sp³-hybridized carbons (Fsp3) is 0.238. The number of nitrogens with zero attached hydrogens (tertiary/aromatic N) is 1. The van der Waals surface area contributed by atoms with Crippen molar-refractivity contribution in [1.29, 1.82) is 0 Å². The van der Waals surface area contributed by atoms with E-state index >= 15 is 0 Å². The average molecular weight is 446 g/mol. The van der Waals surface area contributed by atoms with E-state index < -0.39 is 0 Å². The maximum atomic E-state index is 11.3. The standard InChI is InChI=1S/C21H20BrNO3S/c1-2-25-20(24)4-3-12-26-21-16(11-13-27-21)7-10-18-9-6-15-5-8-17(22)14-19(15)23-18/h5-11,13-14H,2-4,12H2,1H3. The van der Waals surface area contributed by atoms with Gasteiger partial charge in [-0.2, -0.15) is 0 Å². The molecule has 0 aliphatic carbocycles. The smallest absolute Gasteiger partial charge is 0.305 e. The highest BCUT2D eigenvalue weighted by Crippen LogP contribution is 2.28. The Bertz CT molecular complexity index is 952. The minimum absolute atomic E-state index is 0.179. The molecule has 0 spiro atoms. The zero-order valence-electron chi connectivity index (χ0n) is 15.0. The van der Waals surface area contributed by atoms with E-state index in [0.29, 0.717) is 26.1 Å². The molecule has 2 heterocycles. The van der Waals surface area contributed by atoms with E-state index in [0.717, 1.165) is 31.7 Å². The van der Waals surface area contributed by atoms with Crippen LogP contribution in [0.5, 0.6) is 5.06 Å². The van der Waals surface area contributed by atoms with Gasteiger partial charge in [0.05, 0.1) is 24.4 Å². The van der Waals surface area contributed by atoms with Crippen LogP contribution >= 0.6 is 27.3 Å². The van der Waals surface area contributed by atoms with Gasteiger partial charge in [-0.1, -0.05) is 28.1 Å². The van der Waals surface area contributed by atoms with Gasteiger partial charge in [-0.15, -0.1) is 11.3 Å². The van der Waals surface area contributed by atoms with Gasteiger partial charge in [-0.3, -0.25) is 4.79 Å². The van der Waals surface area contributed by atoms with Gasteiger partial charge in [0.15, 0.2) is 5.06 Å². The Morgan fingerprint density at radius 2 is 2.07 bits per heavy atom. The molecule has 27 heavy (non-hydrogen) atoms. The van der Waals surface area contributed by atoms with Crippen LogP contribution in [0.1, 0.15) is 31.0 Å². The minimum Gasteiger partial charge on any atom is -0.483 e. The average Bonchev–Trinajstić information content (AvgIpc) is 3.11. The van der Waals surface area contributed by atoms with E-state index in [1.165, 1.54) is 0 Å². The summed E-state index contributed by atoms with van der Waals surface area (Å²) in [6.07, 6.45) is 5.00. The van der Waals surface area contributed by atoms with E-state index in [9.17, 15) is 4.79 Å². The molecule has 4 nitrogen and oxygen atoms in total. The zero-order valence-corrected chi connectivity index (χ0v) is 17.4. The van der Waals surface area contributed by atoms with Gasteiger partial charge >= 0.3 is 5.97 Å². The summed E-state index contributed by atoms with van der Waals surface area (Å²) in [5.74, 6) is -0.179. The molecule has 0 amide bonds. The number of benzene rings is 1. The van der Waals surface area contributed by atoms with Crippen LogP contribution in [0.4, 0.5) is 0 Å². The molecule has 0 saturated carbocycles. The van der Waals surface area contributed by atoms with Crippen LogP contribution in [0.15, 0.2) is 46.3 Å². The Morgan fingerprint density at radius 1 is 1.22 bits per heavy atom. The Hall–Kier alpha value is -2.18. The summed E-state index contributed by atoms with van der Waals surface area (Å²) in [4.78, 5) is 16.0. The first-order valence-corrected chi connectivity index (χ1v) is 10.4. The summed E-state index contributed by atoms with van der Waals surface area (Å²) < 4.78 is 11.7. The van der Waals surface area contributed by atoms with Crippen molar-refractivity contribution in [3.63, 3.8) is 0 Å². The number of hydrogen-bond acceptors (Lipinski definition) is 5. The van der Waals surface area contributed by atoms with Gasteiger partial charge in [0.1, 0.15) is 0 Å². The maximum Gasteiger partial charge on any atom is 0.305 e. The molecule has 0 aliphatic heterocycles. The molecule has 0 aliphatic rings. The van der Waals surface area contributed by atoms with Gasteiger partial charge in [0.2, 0.25) is 0 Å². The second-order valence-electron chi connectivity index (χ2n) is 5.83.